The highest BCUT2D eigenvalue weighted by Crippen LogP contribution is 2.27. The quantitative estimate of drug-likeness (QED) is 0.392. The molecule has 30 heavy (non-hydrogen) atoms. The van der Waals surface area contributed by atoms with E-state index < -0.39 is 4.92 Å². The molecule has 0 bridgehead atoms. The fourth-order valence-corrected chi connectivity index (χ4v) is 2.66. The van der Waals surface area contributed by atoms with Gasteiger partial charge in [0.25, 0.3) is 11.6 Å². The van der Waals surface area contributed by atoms with Crippen LogP contribution in [-0.2, 0) is 9.53 Å². The summed E-state index contributed by atoms with van der Waals surface area (Å²) in [5.41, 5.74) is 3.31. The summed E-state index contributed by atoms with van der Waals surface area (Å²) in [5.74, 6) is 1.17. The second kappa shape index (κ2) is 10.2. The first-order chi connectivity index (χ1) is 14.6. The van der Waals surface area contributed by atoms with Crippen molar-refractivity contribution >= 4 is 23.6 Å². The highest BCUT2D eigenvalue weighted by Gasteiger charge is 2.18. The molecule has 2 aromatic rings. The Balaban J connectivity index is 1.57. The number of hydrogen-bond acceptors (Lipinski definition) is 9. The lowest BCUT2D eigenvalue weighted by atomic mass is 10.2. The molecule has 1 aromatic carbocycles. The third-order valence-corrected chi connectivity index (χ3v) is 4.25. The molecule has 2 heterocycles. The number of rotatable bonds is 8. The molecule has 0 unspecified atom stereocenters. The van der Waals surface area contributed by atoms with Gasteiger partial charge < -0.3 is 19.1 Å². The summed E-state index contributed by atoms with van der Waals surface area (Å²) in [7, 11) is 1.51. The van der Waals surface area contributed by atoms with E-state index >= 15 is 0 Å². The van der Waals surface area contributed by atoms with Crippen molar-refractivity contribution in [3.8, 4) is 11.5 Å². The molecule has 3 rings (SSSR count). The van der Waals surface area contributed by atoms with Crippen LogP contribution in [0.25, 0.3) is 0 Å². The standard InChI is InChI=1S/C19H21N5O6/c1-28-17-10-14(11-21-22-18-5-3-15(12-20-18)24(26)27)2-4-16(17)30-13-19(25)23-6-8-29-9-7-23/h2-5,10-12H,6-9,13H2,1H3,(H,20,22)/b21-11-. The molecule has 1 aliphatic heterocycles. The number of ether oxygens (including phenoxy) is 3. The van der Waals surface area contributed by atoms with Crippen LogP contribution in [-0.4, -0.2) is 66.9 Å². The smallest absolute Gasteiger partial charge is 0.287 e. The van der Waals surface area contributed by atoms with E-state index in [9.17, 15) is 14.9 Å². The lowest BCUT2D eigenvalue weighted by Gasteiger charge is -2.26. The number of carbonyl (C=O) groups excluding carboxylic acids is 1. The van der Waals surface area contributed by atoms with Crippen molar-refractivity contribution in [1.82, 2.24) is 9.88 Å². The molecule has 1 fully saturated rings. The molecule has 1 amide bonds. The Morgan fingerprint density at radius 1 is 1.33 bits per heavy atom. The Hall–Kier alpha value is -3.73. The SMILES string of the molecule is COc1cc(/C=N\Nc2ccc([N+](=O)[O-])cn2)ccc1OCC(=O)N1CCOCC1. The first-order valence-corrected chi connectivity index (χ1v) is 9.12. The van der Waals surface area contributed by atoms with Gasteiger partial charge in [-0.2, -0.15) is 5.10 Å². The molecule has 158 valence electrons. The molecule has 0 spiro atoms. The van der Waals surface area contributed by atoms with Crippen LogP contribution in [0.5, 0.6) is 11.5 Å². The number of hydrazone groups is 1. The van der Waals surface area contributed by atoms with Gasteiger partial charge in [-0.05, 0) is 29.8 Å². The molecular formula is C19H21N5O6. The number of nitro groups is 1. The maximum Gasteiger partial charge on any atom is 0.287 e. The topological polar surface area (TPSA) is 128 Å². The van der Waals surface area contributed by atoms with Crippen molar-refractivity contribution in [2.24, 2.45) is 5.10 Å². The van der Waals surface area contributed by atoms with E-state index in [1.54, 1.807) is 23.1 Å². The second-order valence-electron chi connectivity index (χ2n) is 6.22. The van der Waals surface area contributed by atoms with Gasteiger partial charge in [0.1, 0.15) is 12.0 Å². The van der Waals surface area contributed by atoms with Gasteiger partial charge in [0.15, 0.2) is 18.1 Å². The van der Waals surface area contributed by atoms with E-state index in [-0.39, 0.29) is 18.2 Å². The van der Waals surface area contributed by atoms with Crippen molar-refractivity contribution in [3.63, 3.8) is 0 Å². The molecule has 1 N–H and O–H groups in total. The molecule has 0 aliphatic carbocycles. The molecule has 1 saturated heterocycles. The van der Waals surface area contributed by atoms with E-state index in [0.717, 1.165) is 6.20 Å². The summed E-state index contributed by atoms with van der Waals surface area (Å²) in [5, 5.41) is 14.7. The number of nitrogens with one attached hydrogen (secondary N) is 1. The molecule has 1 aromatic heterocycles. The summed E-state index contributed by atoms with van der Waals surface area (Å²) < 4.78 is 16.2. The zero-order valence-electron chi connectivity index (χ0n) is 16.3. The van der Waals surface area contributed by atoms with Crippen molar-refractivity contribution in [2.45, 2.75) is 0 Å². The zero-order chi connectivity index (χ0) is 21.3. The third-order valence-electron chi connectivity index (χ3n) is 4.25. The third kappa shape index (κ3) is 5.64. The number of nitrogens with zero attached hydrogens (tertiary/aromatic N) is 4. The van der Waals surface area contributed by atoms with Gasteiger partial charge in [-0.1, -0.05) is 0 Å². The molecule has 0 radical (unpaired) electrons. The first-order valence-electron chi connectivity index (χ1n) is 9.12. The van der Waals surface area contributed by atoms with E-state index in [4.69, 9.17) is 14.2 Å². The van der Waals surface area contributed by atoms with Gasteiger partial charge in [-0.25, -0.2) is 4.98 Å². The Morgan fingerprint density at radius 2 is 2.13 bits per heavy atom. The van der Waals surface area contributed by atoms with Crippen molar-refractivity contribution < 1.29 is 23.9 Å². The van der Waals surface area contributed by atoms with Crippen LogP contribution in [0.2, 0.25) is 0 Å². The number of aromatic nitrogens is 1. The maximum atomic E-state index is 12.2. The molecule has 1 aliphatic rings. The Bertz CT molecular complexity index is 912. The van der Waals surface area contributed by atoms with Crippen molar-refractivity contribution in [2.75, 3.05) is 45.4 Å². The summed E-state index contributed by atoms with van der Waals surface area (Å²) >= 11 is 0. The fraction of sp³-hybridized carbons (Fsp3) is 0.316. The van der Waals surface area contributed by atoms with Gasteiger partial charge in [-0.3, -0.25) is 20.3 Å². The van der Waals surface area contributed by atoms with Crippen LogP contribution < -0.4 is 14.9 Å². The van der Waals surface area contributed by atoms with Gasteiger partial charge in [-0.15, -0.1) is 0 Å². The van der Waals surface area contributed by atoms with Gasteiger partial charge >= 0.3 is 0 Å². The number of pyridine rings is 1. The first kappa shape index (κ1) is 21.0. The van der Waals surface area contributed by atoms with Crippen LogP contribution in [0, 0.1) is 10.1 Å². The molecular weight excluding hydrogens is 394 g/mol. The predicted octanol–water partition coefficient (Wildman–Crippen LogP) is 1.68. The average Bonchev–Trinajstić information content (AvgIpc) is 2.78. The Labute approximate surface area is 172 Å². The lowest BCUT2D eigenvalue weighted by Crippen LogP contribution is -2.43. The van der Waals surface area contributed by atoms with Gasteiger partial charge in [0.05, 0.1) is 31.5 Å². The van der Waals surface area contributed by atoms with Gasteiger partial charge in [0.2, 0.25) is 0 Å². The normalized spacial score (nSPS) is 13.8. The van der Waals surface area contributed by atoms with Crippen molar-refractivity contribution in [1.29, 1.82) is 0 Å². The van der Waals surface area contributed by atoms with Crippen molar-refractivity contribution in [3.05, 3.63) is 52.2 Å². The van der Waals surface area contributed by atoms with Crippen LogP contribution in [0.4, 0.5) is 11.5 Å². The molecule has 11 nitrogen and oxygen atoms in total. The highest BCUT2D eigenvalue weighted by atomic mass is 16.6. The number of hydrogen-bond donors (Lipinski definition) is 1. The van der Waals surface area contributed by atoms with E-state index in [2.05, 4.69) is 15.5 Å². The minimum atomic E-state index is -0.523. The summed E-state index contributed by atoms with van der Waals surface area (Å²) in [6, 6.07) is 7.95. The molecule has 11 heteroatoms. The number of amides is 1. The number of morpholine rings is 1. The number of carbonyl (C=O) groups is 1. The largest absolute Gasteiger partial charge is 0.493 e. The second-order valence-corrected chi connectivity index (χ2v) is 6.22. The summed E-state index contributed by atoms with van der Waals surface area (Å²) in [6.45, 7) is 2.10. The van der Waals surface area contributed by atoms with Gasteiger partial charge in [0, 0.05) is 19.2 Å². The predicted molar refractivity (Wildman–Crippen MR) is 108 cm³/mol. The van der Waals surface area contributed by atoms with E-state index in [1.807, 2.05) is 0 Å². The number of methoxy groups -OCH3 is 1. The fourth-order valence-electron chi connectivity index (χ4n) is 2.66. The average molecular weight is 415 g/mol. The summed E-state index contributed by atoms with van der Waals surface area (Å²) in [6.07, 6.45) is 2.68. The molecule has 0 saturated carbocycles. The van der Waals surface area contributed by atoms with Crippen LogP contribution in [0.1, 0.15) is 5.56 Å². The lowest BCUT2D eigenvalue weighted by molar-refractivity contribution is -0.385. The minimum absolute atomic E-state index is 0.0861. The Kier molecular flexibility index (Phi) is 7.11. The van der Waals surface area contributed by atoms with Crippen LogP contribution in [0.15, 0.2) is 41.6 Å². The summed E-state index contributed by atoms with van der Waals surface area (Å²) in [4.78, 5) is 27.9. The van der Waals surface area contributed by atoms with Crippen LogP contribution >= 0.6 is 0 Å². The number of anilines is 1. The van der Waals surface area contributed by atoms with E-state index in [1.165, 1.54) is 25.5 Å². The minimum Gasteiger partial charge on any atom is -0.493 e. The Morgan fingerprint density at radius 3 is 2.80 bits per heavy atom. The van der Waals surface area contributed by atoms with E-state index in [0.29, 0.717) is 49.2 Å². The zero-order valence-corrected chi connectivity index (χ0v) is 16.3. The maximum absolute atomic E-state index is 12.2. The van der Waals surface area contributed by atoms with Crippen LogP contribution in [0.3, 0.4) is 0 Å². The monoisotopic (exact) mass is 415 g/mol. The number of benzene rings is 1. The highest BCUT2D eigenvalue weighted by molar-refractivity contribution is 5.81. The molecule has 0 atom stereocenters.